The number of anilines is 1. The van der Waals surface area contributed by atoms with E-state index in [0.717, 1.165) is 54.9 Å². The van der Waals surface area contributed by atoms with Gasteiger partial charge >= 0.3 is 6.09 Å². The Morgan fingerprint density at radius 1 is 0.884 bits per heavy atom. The normalized spacial score (nSPS) is 19.8. The van der Waals surface area contributed by atoms with Gasteiger partial charge in [-0.25, -0.2) is 4.79 Å². The number of carbonyl (C=O) groups is 2. The summed E-state index contributed by atoms with van der Waals surface area (Å²) in [7, 11) is 4.92. The van der Waals surface area contributed by atoms with Gasteiger partial charge in [-0.2, -0.15) is 0 Å². The third kappa shape index (κ3) is 8.22. The second-order valence-electron chi connectivity index (χ2n) is 11.7. The first kappa shape index (κ1) is 30.7. The predicted octanol–water partition coefficient (Wildman–Crippen LogP) is 5.82. The van der Waals surface area contributed by atoms with E-state index in [9.17, 15) is 9.59 Å². The Kier molecular flexibility index (Phi) is 10.5. The molecule has 2 aliphatic rings. The summed E-state index contributed by atoms with van der Waals surface area (Å²) in [4.78, 5) is 29.5. The van der Waals surface area contributed by atoms with Crippen molar-refractivity contribution in [3.63, 3.8) is 0 Å². The Labute approximate surface area is 254 Å². The van der Waals surface area contributed by atoms with E-state index in [1.165, 1.54) is 5.56 Å². The van der Waals surface area contributed by atoms with Gasteiger partial charge in [-0.3, -0.25) is 15.0 Å². The molecule has 43 heavy (non-hydrogen) atoms. The summed E-state index contributed by atoms with van der Waals surface area (Å²) in [5.41, 5.74) is 5.23. The first-order chi connectivity index (χ1) is 20.9. The molecule has 0 aromatic heterocycles. The number of hydrogen-bond donors (Lipinski definition) is 1. The molecular formula is C35H43N3O5. The Bertz CT molecular complexity index is 1330. The van der Waals surface area contributed by atoms with E-state index in [4.69, 9.17) is 14.2 Å². The molecule has 228 valence electrons. The number of para-hydroxylation sites is 1. The third-order valence-corrected chi connectivity index (χ3v) is 8.74. The fraction of sp³-hybridized carbons (Fsp3) is 0.429. The van der Waals surface area contributed by atoms with E-state index in [2.05, 4.69) is 34.5 Å². The molecule has 1 saturated heterocycles. The molecule has 8 heteroatoms. The second-order valence-corrected chi connectivity index (χ2v) is 11.7. The van der Waals surface area contributed by atoms with Crippen molar-refractivity contribution in [2.45, 2.75) is 44.6 Å². The van der Waals surface area contributed by atoms with Gasteiger partial charge in [0.05, 0.1) is 12.2 Å². The maximum absolute atomic E-state index is 12.8. The van der Waals surface area contributed by atoms with Gasteiger partial charge < -0.3 is 19.1 Å². The molecule has 0 radical (unpaired) electrons. The Morgan fingerprint density at radius 3 is 2.19 bits per heavy atom. The van der Waals surface area contributed by atoms with Gasteiger partial charge in [0.1, 0.15) is 6.10 Å². The minimum absolute atomic E-state index is 0.0445. The largest absolute Gasteiger partial charge is 0.446 e. The van der Waals surface area contributed by atoms with Gasteiger partial charge in [0.25, 0.3) is 0 Å². The van der Waals surface area contributed by atoms with Crippen LogP contribution in [0.4, 0.5) is 10.5 Å². The van der Waals surface area contributed by atoms with E-state index in [0.29, 0.717) is 31.2 Å². The lowest BCUT2D eigenvalue weighted by molar-refractivity contribution is -0.143. The van der Waals surface area contributed by atoms with Crippen molar-refractivity contribution in [2.24, 2.45) is 11.8 Å². The molecule has 2 fully saturated rings. The molecule has 8 nitrogen and oxygen atoms in total. The Hall–Kier alpha value is -3.72. The van der Waals surface area contributed by atoms with Gasteiger partial charge in [-0.1, -0.05) is 72.8 Å². The van der Waals surface area contributed by atoms with E-state index in [1.54, 1.807) is 26.2 Å². The van der Waals surface area contributed by atoms with Crippen LogP contribution in [0, 0.1) is 11.8 Å². The number of aryl methyl sites for hydroxylation is 1. The quantitative estimate of drug-likeness (QED) is 0.270. The zero-order valence-corrected chi connectivity index (χ0v) is 25.4. The van der Waals surface area contributed by atoms with E-state index < -0.39 is 6.29 Å². The van der Waals surface area contributed by atoms with Crippen LogP contribution in [0.25, 0.3) is 11.1 Å². The average molecular weight is 586 g/mol. The zero-order chi connectivity index (χ0) is 30.2. The highest BCUT2D eigenvalue weighted by Gasteiger charge is 2.42. The molecule has 2 amide bonds. The summed E-state index contributed by atoms with van der Waals surface area (Å²) < 4.78 is 16.3. The lowest BCUT2D eigenvalue weighted by atomic mass is 10.0. The molecule has 1 heterocycles. The average Bonchev–Trinajstić information content (AvgIpc) is 3.57. The van der Waals surface area contributed by atoms with Crippen molar-refractivity contribution in [2.75, 3.05) is 46.2 Å². The molecule has 1 saturated carbocycles. The molecule has 1 aliphatic heterocycles. The van der Waals surface area contributed by atoms with Crippen LogP contribution in [-0.4, -0.2) is 75.1 Å². The maximum Gasteiger partial charge on any atom is 0.411 e. The van der Waals surface area contributed by atoms with Crippen LogP contribution in [0.3, 0.4) is 0 Å². The molecule has 0 bridgehead atoms. The molecule has 5 rings (SSSR count). The lowest BCUT2D eigenvalue weighted by Crippen LogP contribution is -2.36. The summed E-state index contributed by atoms with van der Waals surface area (Å²) in [6.07, 6.45) is 2.13. The van der Waals surface area contributed by atoms with Gasteiger partial charge in [-0.05, 0) is 53.9 Å². The number of likely N-dealkylation sites (N-methyl/N-ethyl adjacent to an activating group) is 1. The predicted molar refractivity (Wildman–Crippen MR) is 167 cm³/mol. The molecule has 1 N–H and O–H groups in total. The zero-order valence-electron chi connectivity index (χ0n) is 25.4. The van der Waals surface area contributed by atoms with E-state index in [-0.39, 0.29) is 18.1 Å². The summed E-state index contributed by atoms with van der Waals surface area (Å²) in [6.45, 7) is 3.36. The highest BCUT2D eigenvalue weighted by molar-refractivity contribution is 5.91. The van der Waals surface area contributed by atoms with Crippen LogP contribution in [0.15, 0.2) is 78.9 Å². The highest BCUT2D eigenvalue weighted by atomic mass is 16.7. The summed E-state index contributed by atoms with van der Waals surface area (Å²) in [5, 5.41) is 2.98. The molecule has 0 spiro atoms. The monoisotopic (exact) mass is 585 g/mol. The minimum atomic E-state index is -0.412. The SMILES string of the molecule is COC(CN(C)C(=O)CCc1ccc(CN2CC3CC(OC(=O)Nc4ccccc4-c4ccccc4)CC3C2)cc1)OC. The first-order valence-electron chi connectivity index (χ1n) is 15.1. The lowest BCUT2D eigenvalue weighted by Gasteiger charge is -2.22. The van der Waals surface area contributed by atoms with Gasteiger partial charge in [0, 0.05) is 52.9 Å². The van der Waals surface area contributed by atoms with Crippen molar-refractivity contribution >= 4 is 17.7 Å². The van der Waals surface area contributed by atoms with Gasteiger partial charge in [-0.15, -0.1) is 0 Å². The number of rotatable bonds is 12. The molecule has 3 aromatic rings. The Balaban J connectivity index is 1.04. The van der Waals surface area contributed by atoms with Crippen LogP contribution < -0.4 is 5.32 Å². The second kappa shape index (κ2) is 14.6. The van der Waals surface area contributed by atoms with Gasteiger partial charge in [0.2, 0.25) is 5.91 Å². The number of amides is 2. The minimum Gasteiger partial charge on any atom is -0.446 e. The number of fused-ring (bicyclic) bond motifs is 1. The molecule has 2 atom stereocenters. The number of nitrogens with one attached hydrogen (secondary N) is 1. The van der Waals surface area contributed by atoms with Crippen LogP contribution in [0.1, 0.15) is 30.4 Å². The van der Waals surface area contributed by atoms with Crippen molar-refractivity contribution in [1.82, 2.24) is 9.80 Å². The summed E-state index contributed by atoms with van der Waals surface area (Å²) >= 11 is 0. The topological polar surface area (TPSA) is 80.3 Å². The van der Waals surface area contributed by atoms with E-state index in [1.807, 2.05) is 54.6 Å². The standard InChI is InChI=1S/C35H43N3O5/c1-37(24-34(41-2)42-3)33(39)18-17-25-13-15-26(16-14-25)21-38-22-28-19-30(20-29(28)23-38)43-35(40)36-32-12-8-7-11-31(32)27-9-5-4-6-10-27/h4-16,28-30,34H,17-24H2,1-3H3,(H,36,40). The van der Waals surface area contributed by atoms with Crippen LogP contribution in [-0.2, 0) is 32.0 Å². The van der Waals surface area contributed by atoms with E-state index >= 15 is 0 Å². The maximum atomic E-state index is 12.8. The van der Waals surface area contributed by atoms with Crippen molar-refractivity contribution in [1.29, 1.82) is 0 Å². The number of benzene rings is 3. The molecule has 2 unspecified atom stereocenters. The van der Waals surface area contributed by atoms with Crippen molar-refractivity contribution < 1.29 is 23.8 Å². The summed E-state index contributed by atoms with van der Waals surface area (Å²) in [6, 6.07) is 26.5. The molecular weight excluding hydrogens is 542 g/mol. The number of carbonyl (C=O) groups excluding carboxylic acids is 2. The highest BCUT2D eigenvalue weighted by Crippen LogP contribution is 2.40. The number of nitrogens with zero attached hydrogens (tertiary/aromatic N) is 2. The fourth-order valence-electron chi connectivity index (χ4n) is 6.40. The van der Waals surface area contributed by atoms with Crippen LogP contribution in [0.5, 0.6) is 0 Å². The van der Waals surface area contributed by atoms with Crippen molar-refractivity contribution in [3.05, 3.63) is 90.0 Å². The number of hydrogen-bond acceptors (Lipinski definition) is 6. The number of methoxy groups -OCH3 is 2. The fourth-order valence-corrected chi connectivity index (χ4v) is 6.40. The molecule has 3 aromatic carbocycles. The number of ether oxygens (including phenoxy) is 3. The van der Waals surface area contributed by atoms with Crippen molar-refractivity contribution in [3.8, 4) is 11.1 Å². The molecule has 1 aliphatic carbocycles. The first-order valence-corrected chi connectivity index (χ1v) is 15.1. The number of likely N-dealkylation sites (tertiary alicyclic amines) is 1. The van der Waals surface area contributed by atoms with Crippen LogP contribution >= 0.6 is 0 Å². The summed E-state index contributed by atoms with van der Waals surface area (Å²) in [5.74, 6) is 1.17. The van der Waals surface area contributed by atoms with Crippen LogP contribution in [0.2, 0.25) is 0 Å². The van der Waals surface area contributed by atoms with Gasteiger partial charge in [0.15, 0.2) is 6.29 Å². The Morgan fingerprint density at radius 2 is 1.51 bits per heavy atom. The third-order valence-electron chi connectivity index (χ3n) is 8.74. The smallest absolute Gasteiger partial charge is 0.411 e.